The second-order valence-electron chi connectivity index (χ2n) is 6.50. The standard InChI is InChI=1S/C17H29NOS/c1-5-6-18-17(16-10-15(19-4)11-20-16)14-8-12(2)7-13(3)9-14/h10-14,17-18H,5-9H2,1-4H3. The lowest BCUT2D eigenvalue weighted by atomic mass is 9.73. The van der Waals surface area contributed by atoms with Crippen molar-refractivity contribution in [3.63, 3.8) is 0 Å². The highest BCUT2D eigenvalue weighted by atomic mass is 32.1. The summed E-state index contributed by atoms with van der Waals surface area (Å²) in [4.78, 5) is 1.45. The first-order chi connectivity index (χ1) is 9.63. The Hall–Kier alpha value is -0.540. The van der Waals surface area contributed by atoms with Crippen molar-refractivity contribution in [2.45, 2.75) is 52.5 Å². The maximum Gasteiger partial charge on any atom is 0.129 e. The SMILES string of the molecule is CCCNC(c1cc(OC)cs1)C1CC(C)CC(C)C1. The molecule has 1 fully saturated rings. The molecule has 1 aliphatic rings. The molecule has 1 heterocycles. The number of nitrogens with one attached hydrogen (secondary N) is 1. The third kappa shape index (κ3) is 3.98. The van der Waals surface area contributed by atoms with Gasteiger partial charge in [0.05, 0.1) is 7.11 Å². The molecule has 1 aromatic heterocycles. The molecule has 0 aromatic carbocycles. The van der Waals surface area contributed by atoms with Gasteiger partial charge in [-0.15, -0.1) is 11.3 Å². The number of hydrogen-bond acceptors (Lipinski definition) is 3. The minimum Gasteiger partial charge on any atom is -0.496 e. The van der Waals surface area contributed by atoms with Gasteiger partial charge in [0, 0.05) is 16.3 Å². The van der Waals surface area contributed by atoms with Gasteiger partial charge in [0.1, 0.15) is 5.75 Å². The van der Waals surface area contributed by atoms with Crippen molar-refractivity contribution in [3.8, 4) is 5.75 Å². The topological polar surface area (TPSA) is 21.3 Å². The molecule has 0 radical (unpaired) electrons. The zero-order valence-corrected chi connectivity index (χ0v) is 14.1. The fraction of sp³-hybridized carbons (Fsp3) is 0.765. The molecule has 0 aliphatic heterocycles. The number of thiophene rings is 1. The van der Waals surface area contributed by atoms with Crippen LogP contribution >= 0.6 is 11.3 Å². The Morgan fingerprint density at radius 3 is 2.55 bits per heavy atom. The van der Waals surface area contributed by atoms with Gasteiger partial charge in [0.25, 0.3) is 0 Å². The molecule has 1 aliphatic carbocycles. The summed E-state index contributed by atoms with van der Waals surface area (Å²) in [7, 11) is 1.76. The molecule has 3 unspecified atom stereocenters. The van der Waals surface area contributed by atoms with Crippen LogP contribution in [0.15, 0.2) is 11.4 Å². The third-order valence-corrected chi connectivity index (χ3v) is 5.43. The molecule has 1 N–H and O–H groups in total. The van der Waals surface area contributed by atoms with E-state index in [4.69, 9.17) is 4.74 Å². The first-order valence-electron chi connectivity index (χ1n) is 7.99. The smallest absolute Gasteiger partial charge is 0.129 e. The predicted molar refractivity (Wildman–Crippen MR) is 87.6 cm³/mol. The monoisotopic (exact) mass is 295 g/mol. The van der Waals surface area contributed by atoms with E-state index in [9.17, 15) is 0 Å². The summed E-state index contributed by atoms with van der Waals surface area (Å²) in [5.41, 5.74) is 0. The van der Waals surface area contributed by atoms with Crippen molar-refractivity contribution >= 4 is 11.3 Å². The molecule has 2 rings (SSSR count). The lowest BCUT2D eigenvalue weighted by molar-refractivity contribution is 0.178. The average Bonchev–Trinajstić information content (AvgIpc) is 2.87. The van der Waals surface area contributed by atoms with Gasteiger partial charge in [-0.1, -0.05) is 20.8 Å². The highest BCUT2D eigenvalue weighted by molar-refractivity contribution is 7.10. The quantitative estimate of drug-likeness (QED) is 0.808. The molecule has 3 atom stereocenters. The Balaban J connectivity index is 2.13. The van der Waals surface area contributed by atoms with Gasteiger partial charge < -0.3 is 10.1 Å². The molecule has 2 nitrogen and oxygen atoms in total. The van der Waals surface area contributed by atoms with E-state index in [0.29, 0.717) is 6.04 Å². The maximum atomic E-state index is 5.36. The Morgan fingerprint density at radius 2 is 2.00 bits per heavy atom. The summed E-state index contributed by atoms with van der Waals surface area (Å²) in [6, 6.07) is 2.73. The van der Waals surface area contributed by atoms with E-state index < -0.39 is 0 Å². The Kier molecular flexibility index (Phi) is 5.91. The minimum absolute atomic E-state index is 0.508. The van der Waals surface area contributed by atoms with E-state index in [0.717, 1.165) is 30.0 Å². The zero-order valence-electron chi connectivity index (χ0n) is 13.3. The van der Waals surface area contributed by atoms with Crippen LogP contribution in [0.1, 0.15) is 57.4 Å². The number of rotatable bonds is 6. The molecule has 0 saturated heterocycles. The van der Waals surface area contributed by atoms with Crippen LogP contribution in [-0.4, -0.2) is 13.7 Å². The van der Waals surface area contributed by atoms with Crippen LogP contribution in [0.3, 0.4) is 0 Å². The van der Waals surface area contributed by atoms with E-state index in [2.05, 4.69) is 37.5 Å². The maximum absolute atomic E-state index is 5.36. The van der Waals surface area contributed by atoms with Crippen molar-refractivity contribution in [1.29, 1.82) is 0 Å². The summed E-state index contributed by atoms with van der Waals surface area (Å²) >= 11 is 1.84. The zero-order chi connectivity index (χ0) is 14.5. The van der Waals surface area contributed by atoms with Crippen LogP contribution in [0.4, 0.5) is 0 Å². The van der Waals surface area contributed by atoms with Crippen molar-refractivity contribution < 1.29 is 4.74 Å². The summed E-state index contributed by atoms with van der Waals surface area (Å²) in [6.07, 6.45) is 5.29. The second kappa shape index (κ2) is 7.46. The highest BCUT2D eigenvalue weighted by Crippen LogP contribution is 2.42. The second-order valence-corrected chi connectivity index (χ2v) is 7.44. The van der Waals surface area contributed by atoms with E-state index in [1.807, 2.05) is 11.3 Å². The van der Waals surface area contributed by atoms with Crippen LogP contribution in [0.5, 0.6) is 5.75 Å². The molecule has 0 bridgehead atoms. The number of methoxy groups -OCH3 is 1. The molecule has 0 spiro atoms. The lowest BCUT2D eigenvalue weighted by Gasteiger charge is -2.36. The van der Waals surface area contributed by atoms with Gasteiger partial charge in [0.15, 0.2) is 0 Å². The third-order valence-electron chi connectivity index (χ3n) is 4.44. The number of hydrogen-bond donors (Lipinski definition) is 1. The van der Waals surface area contributed by atoms with E-state index in [-0.39, 0.29) is 0 Å². The first-order valence-corrected chi connectivity index (χ1v) is 8.87. The molecule has 1 aromatic rings. The molecule has 0 amide bonds. The van der Waals surface area contributed by atoms with Gasteiger partial charge in [-0.25, -0.2) is 0 Å². The van der Waals surface area contributed by atoms with Crippen LogP contribution in [0, 0.1) is 17.8 Å². The highest BCUT2D eigenvalue weighted by Gasteiger charge is 2.31. The Bertz CT molecular complexity index is 393. The van der Waals surface area contributed by atoms with E-state index in [1.54, 1.807) is 7.11 Å². The minimum atomic E-state index is 0.508. The fourth-order valence-corrected chi connectivity index (χ4v) is 4.71. The molecule has 3 heteroatoms. The van der Waals surface area contributed by atoms with Gasteiger partial charge in [-0.2, -0.15) is 0 Å². The van der Waals surface area contributed by atoms with Crippen molar-refractivity contribution in [1.82, 2.24) is 5.32 Å². The Morgan fingerprint density at radius 1 is 1.30 bits per heavy atom. The van der Waals surface area contributed by atoms with E-state index >= 15 is 0 Å². The van der Waals surface area contributed by atoms with Crippen LogP contribution in [-0.2, 0) is 0 Å². The van der Waals surface area contributed by atoms with Gasteiger partial charge in [-0.05, 0) is 56.0 Å². The van der Waals surface area contributed by atoms with Crippen molar-refractivity contribution in [2.24, 2.45) is 17.8 Å². The van der Waals surface area contributed by atoms with Crippen LogP contribution in [0.25, 0.3) is 0 Å². The molecule has 20 heavy (non-hydrogen) atoms. The average molecular weight is 295 g/mol. The van der Waals surface area contributed by atoms with Gasteiger partial charge in [-0.3, -0.25) is 0 Å². The summed E-state index contributed by atoms with van der Waals surface area (Å²) in [5, 5.41) is 5.92. The molecular formula is C17H29NOS. The van der Waals surface area contributed by atoms with Crippen LogP contribution in [0.2, 0.25) is 0 Å². The normalized spacial score (nSPS) is 28.3. The molecule has 114 valence electrons. The Labute approximate surface area is 127 Å². The molecule has 1 saturated carbocycles. The lowest BCUT2D eigenvalue weighted by Crippen LogP contribution is -2.33. The molecular weight excluding hydrogens is 266 g/mol. The summed E-state index contributed by atoms with van der Waals surface area (Å²) in [6.45, 7) is 8.17. The van der Waals surface area contributed by atoms with Crippen molar-refractivity contribution in [3.05, 3.63) is 16.3 Å². The van der Waals surface area contributed by atoms with Gasteiger partial charge >= 0.3 is 0 Å². The van der Waals surface area contributed by atoms with Crippen LogP contribution < -0.4 is 10.1 Å². The number of ether oxygens (including phenoxy) is 1. The predicted octanol–water partition coefficient (Wildman–Crippen LogP) is 4.87. The first kappa shape index (κ1) is 15.8. The van der Waals surface area contributed by atoms with Gasteiger partial charge in [0.2, 0.25) is 0 Å². The summed E-state index contributed by atoms with van der Waals surface area (Å²) < 4.78 is 5.36. The fourth-order valence-electron chi connectivity index (χ4n) is 3.69. The van der Waals surface area contributed by atoms with E-state index in [1.165, 1.54) is 30.6 Å². The van der Waals surface area contributed by atoms with Crippen molar-refractivity contribution in [2.75, 3.05) is 13.7 Å². The summed E-state index contributed by atoms with van der Waals surface area (Å²) in [5.74, 6) is 3.49. The largest absolute Gasteiger partial charge is 0.496 e.